The van der Waals surface area contributed by atoms with Gasteiger partial charge in [-0.1, -0.05) is 0 Å². The molecule has 0 unspecified atom stereocenters. The van der Waals surface area contributed by atoms with Gasteiger partial charge in [0.1, 0.15) is 5.76 Å². The van der Waals surface area contributed by atoms with Gasteiger partial charge in [-0.25, -0.2) is 4.98 Å². The lowest BCUT2D eigenvalue weighted by Crippen LogP contribution is -2.03. The molecule has 0 bridgehead atoms. The molecule has 1 N–H and O–H groups in total. The Morgan fingerprint density at radius 2 is 2.29 bits per heavy atom. The van der Waals surface area contributed by atoms with E-state index in [0.717, 1.165) is 5.76 Å². The van der Waals surface area contributed by atoms with E-state index in [1.165, 1.54) is 0 Å². The van der Waals surface area contributed by atoms with Crippen LogP contribution in [0.1, 0.15) is 5.76 Å². The van der Waals surface area contributed by atoms with Crippen molar-refractivity contribution in [1.29, 1.82) is 0 Å². The summed E-state index contributed by atoms with van der Waals surface area (Å²) >= 11 is 3.22. The van der Waals surface area contributed by atoms with Crippen molar-refractivity contribution in [2.24, 2.45) is 0 Å². The topological polar surface area (TPSA) is 51.2 Å². The van der Waals surface area contributed by atoms with Crippen molar-refractivity contribution in [3.63, 3.8) is 0 Å². The number of rotatable bonds is 3. The predicted molar refractivity (Wildman–Crippen MR) is 54.7 cm³/mol. The van der Waals surface area contributed by atoms with Gasteiger partial charge < -0.3 is 14.2 Å². The quantitative estimate of drug-likeness (QED) is 0.917. The number of nitrogens with zero attached hydrogens (tertiary/aromatic N) is 1. The lowest BCUT2D eigenvalue weighted by molar-refractivity contribution is 0.471. The molecule has 2 heterocycles. The Kier molecular flexibility index (Phi) is 2.69. The number of furan rings is 1. The molecule has 5 heteroatoms. The molecule has 0 saturated carbocycles. The van der Waals surface area contributed by atoms with Crippen LogP contribution >= 0.6 is 15.9 Å². The molecular formula is C9H9BrN2O2. The van der Waals surface area contributed by atoms with E-state index < -0.39 is 0 Å². The summed E-state index contributed by atoms with van der Waals surface area (Å²) < 4.78 is 11.4. The third kappa shape index (κ3) is 1.88. The van der Waals surface area contributed by atoms with Crippen LogP contribution in [0.4, 0.5) is 0 Å². The fraction of sp³-hybridized carbons (Fsp3) is 0.222. The molecule has 74 valence electrons. The molecule has 0 fully saturated rings. The summed E-state index contributed by atoms with van der Waals surface area (Å²) in [5, 5.41) is 2.98. The number of hydrogen-bond donors (Lipinski definition) is 1. The fourth-order valence-corrected chi connectivity index (χ4v) is 1.41. The minimum atomic E-state index is 0.501. The first-order valence-electron chi connectivity index (χ1n) is 4.14. The highest BCUT2D eigenvalue weighted by Gasteiger charge is 2.09. The number of aromatic nitrogens is 1. The van der Waals surface area contributed by atoms with Crippen LogP contribution in [-0.2, 0) is 6.54 Å². The van der Waals surface area contributed by atoms with Crippen molar-refractivity contribution in [3.8, 4) is 11.7 Å². The summed E-state index contributed by atoms with van der Waals surface area (Å²) in [5.74, 6) is 1.91. The SMILES string of the molecule is CNCc1cnc(-c2ccc(Br)o2)o1. The van der Waals surface area contributed by atoms with Gasteiger partial charge in [-0.3, -0.25) is 0 Å². The van der Waals surface area contributed by atoms with Crippen LogP contribution < -0.4 is 5.32 Å². The van der Waals surface area contributed by atoms with Crippen LogP contribution in [0.25, 0.3) is 11.7 Å². The van der Waals surface area contributed by atoms with Crippen LogP contribution in [0, 0.1) is 0 Å². The molecule has 14 heavy (non-hydrogen) atoms. The molecule has 2 aromatic rings. The van der Waals surface area contributed by atoms with E-state index in [4.69, 9.17) is 8.83 Å². The summed E-state index contributed by atoms with van der Waals surface area (Å²) in [4.78, 5) is 4.10. The Hall–Kier alpha value is -1.07. The van der Waals surface area contributed by atoms with Gasteiger partial charge in [0.15, 0.2) is 10.4 Å². The van der Waals surface area contributed by atoms with Crippen molar-refractivity contribution < 1.29 is 8.83 Å². The van der Waals surface area contributed by atoms with E-state index in [1.807, 2.05) is 7.05 Å². The molecule has 0 amide bonds. The smallest absolute Gasteiger partial charge is 0.263 e. The third-order valence-corrected chi connectivity index (χ3v) is 2.11. The summed E-state index contributed by atoms with van der Waals surface area (Å²) in [7, 11) is 1.85. The third-order valence-electron chi connectivity index (χ3n) is 1.69. The van der Waals surface area contributed by atoms with E-state index in [2.05, 4.69) is 26.2 Å². The second-order valence-electron chi connectivity index (χ2n) is 2.77. The predicted octanol–water partition coefficient (Wildman–Crippen LogP) is 2.42. The minimum Gasteiger partial charge on any atom is -0.444 e. The zero-order valence-electron chi connectivity index (χ0n) is 7.58. The highest BCUT2D eigenvalue weighted by atomic mass is 79.9. The maximum absolute atomic E-state index is 5.44. The molecule has 0 saturated heterocycles. The Morgan fingerprint density at radius 1 is 1.43 bits per heavy atom. The average molecular weight is 257 g/mol. The molecule has 0 aliphatic carbocycles. The second kappa shape index (κ2) is 3.98. The van der Waals surface area contributed by atoms with Crippen molar-refractivity contribution in [1.82, 2.24) is 10.3 Å². The highest BCUT2D eigenvalue weighted by Crippen LogP contribution is 2.24. The Labute approximate surface area is 89.4 Å². The number of hydrogen-bond acceptors (Lipinski definition) is 4. The largest absolute Gasteiger partial charge is 0.444 e. The standard InChI is InChI=1S/C9H9BrN2O2/c1-11-4-6-5-12-9(13-6)7-2-3-8(10)14-7/h2-3,5,11H,4H2,1H3. The van der Waals surface area contributed by atoms with Gasteiger partial charge in [0.25, 0.3) is 5.89 Å². The lowest BCUT2D eigenvalue weighted by atomic mass is 10.4. The molecule has 0 aliphatic heterocycles. The first-order chi connectivity index (χ1) is 6.79. The van der Waals surface area contributed by atoms with Crippen LogP contribution in [0.15, 0.2) is 31.8 Å². The fourth-order valence-electron chi connectivity index (χ4n) is 1.11. The molecular weight excluding hydrogens is 248 g/mol. The van der Waals surface area contributed by atoms with Gasteiger partial charge >= 0.3 is 0 Å². The van der Waals surface area contributed by atoms with E-state index in [0.29, 0.717) is 22.9 Å². The molecule has 4 nitrogen and oxygen atoms in total. The van der Waals surface area contributed by atoms with Crippen LogP contribution in [-0.4, -0.2) is 12.0 Å². The molecule has 0 spiro atoms. The van der Waals surface area contributed by atoms with E-state index in [1.54, 1.807) is 18.3 Å². The maximum Gasteiger partial charge on any atom is 0.263 e. The van der Waals surface area contributed by atoms with Crippen molar-refractivity contribution in [3.05, 3.63) is 28.8 Å². The zero-order chi connectivity index (χ0) is 9.97. The Morgan fingerprint density at radius 3 is 2.93 bits per heavy atom. The van der Waals surface area contributed by atoms with Crippen molar-refractivity contribution >= 4 is 15.9 Å². The molecule has 2 rings (SSSR count). The molecule has 0 aromatic carbocycles. The minimum absolute atomic E-state index is 0.501. The number of nitrogens with one attached hydrogen (secondary N) is 1. The normalized spacial score (nSPS) is 10.7. The molecule has 0 atom stereocenters. The summed E-state index contributed by atoms with van der Waals surface area (Å²) in [6, 6.07) is 3.61. The second-order valence-corrected chi connectivity index (χ2v) is 3.55. The van der Waals surface area contributed by atoms with Crippen LogP contribution in [0.5, 0.6) is 0 Å². The van der Waals surface area contributed by atoms with Gasteiger partial charge in [0, 0.05) is 0 Å². The van der Waals surface area contributed by atoms with Crippen LogP contribution in [0.2, 0.25) is 0 Å². The number of oxazole rings is 1. The maximum atomic E-state index is 5.44. The van der Waals surface area contributed by atoms with Crippen molar-refractivity contribution in [2.75, 3.05) is 7.05 Å². The molecule has 2 aromatic heterocycles. The molecule has 0 radical (unpaired) electrons. The van der Waals surface area contributed by atoms with Gasteiger partial charge in [0.2, 0.25) is 0 Å². The van der Waals surface area contributed by atoms with E-state index in [-0.39, 0.29) is 0 Å². The highest BCUT2D eigenvalue weighted by molar-refractivity contribution is 9.10. The summed E-state index contributed by atoms with van der Waals surface area (Å²) in [6.07, 6.45) is 1.68. The summed E-state index contributed by atoms with van der Waals surface area (Å²) in [5.41, 5.74) is 0. The van der Waals surface area contributed by atoms with Crippen molar-refractivity contribution in [2.45, 2.75) is 6.54 Å². The first kappa shape index (κ1) is 9.48. The Bertz CT molecular complexity index is 422. The molecule has 0 aliphatic rings. The monoisotopic (exact) mass is 256 g/mol. The van der Waals surface area contributed by atoms with E-state index >= 15 is 0 Å². The first-order valence-corrected chi connectivity index (χ1v) is 4.94. The van der Waals surface area contributed by atoms with E-state index in [9.17, 15) is 0 Å². The summed E-state index contributed by atoms with van der Waals surface area (Å²) in [6.45, 7) is 0.662. The lowest BCUT2D eigenvalue weighted by Gasteiger charge is -1.91. The van der Waals surface area contributed by atoms with Gasteiger partial charge in [-0.2, -0.15) is 0 Å². The Balaban J connectivity index is 2.24. The van der Waals surface area contributed by atoms with Gasteiger partial charge in [-0.05, 0) is 35.1 Å². The van der Waals surface area contributed by atoms with Crippen LogP contribution in [0.3, 0.4) is 0 Å². The zero-order valence-corrected chi connectivity index (χ0v) is 9.17. The van der Waals surface area contributed by atoms with Gasteiger partial charge in [0.05, 0.1) is 12.7 Å². The number of halogens is 1. The van der Waals surface area contributed by atoms with Gasteiger partial charge in [-0.15, -0.1) is 0 Å². The average Bonchev–Trinajstić information content (AvgIpc) is 2.74.